The maximum atomic E-state index is 12.9. The number of halogens is 2. The Morgan fingerprint density at radius 2 is 2.12 bits per heavy atom. The summed E-state index contributed by atoms with van der Waals surface area (Å²) in [7, 11) is 0. The number of benzene rings is 1. The highest BCUT2D eigenvalue weighted by molar-refractivity contribution is 9.10. The van der Waals surface area contributed by atoms with Gasteiger partial charge in [-0.15, -0.1) is 11.3 Å². The van der Waals surface area contributed by atoms with E-state index >= 15 is 0 Å². The molecule has 0 aliphatic rings. The molecule has 1 N–H and O–H groups in total. The van der Waals surface area contributed by atoms with Gasteiger partial charge in [0.25, 0.3) is 0 Å². The van der Waals surface area contributed by atoms with Gasteiger partial charge in [0.15, 0.2) is 0 Å². The van der Waals surface area contributed by atoms with Crippen molar-refractivity contribution in [2.45, 2.75) is 13.0 Å². The zero-order chi connectivity index (χ0) is 11.7. The molecule has 84 valence electrons. The van der Waals surface area contributed by atoms with E-state index in [0.29, 0.717) is 0 Å². The van der Waals surface area contributed by atoms with Crippen molar-refractivity contribution >= 4 is 27.3 Å². The molecule has 1 atom stereocenters. The van der Waals surface area contributed by atoms with E-state index in [1.54, 1.807) is 13.0 Å². The van der Waals surface area contributed by atoms with Crippen LogP contribution in [0.15, 0.2) is 34.1 Å². The maximum absolute atomic E-state index is 12.9. The van der Waals surface area contributed by atoms with Crippen molar-refractivity contribution in [3.05, 3.63) is 55.9 Å². The quantitative estimate of drug-likeness (QED) is 0.887. The van der Waals surface area contributed by atoms with Crippen LogP contribution in [0.1, 0.15) is 22.1 Å². The molecule has 0 spiro atoms. The number of hydrogen-bond donors (Lipinski definition) is 1. The molecule has 0 radical (unpaired) electrons. The molecule has 1 aromatic heterocycles. The average molecular weight is 301 g/mol. The molecule has 2 rings (SSSR count). The summed E-state index contributed by atoms with van der Waals surface area (Å²) in [5, 5.41) is 12.1. The number of aliphatic hydroxyl groups excluding tert-OH is 1. The number of aryl methyl sites for hydroxylation is 1. The lowest BCUT2D eigenvalue weighted by Crippen LogP contribution is -2.00. The van der Waals surface area contributed by atoms with E-state index in [4.69, 9.17) is 0 Å². The molecule has 2 aromatic rings. The number of thiophene rings is 1. The molecule has 1 nitrogen and oxygen atoms in total. The Labute approximate surface area is 106 Å². The van der Waals surface area contributed by atoms with E-state index < -0.39 is 6.10 Å². The van der Waals surface area contributed by atoms with Gasteiger partial charge in [0.1, 0.15) is 11.9 Å². The Kier molecular flexibility index (Phi) is 3.42. The molecule has 0 amide bonds. The monoisotopic (exact) mass is 300 g/mol. The Balaban J connectivity index is 2.41. The minimum absolute atomic E-state index is 0.279. The second-order valence-electron chi connectivity index (χ2n) is 3.54. The van der Waals surface area contributed by atoms with E-state index in [1.165, 1.54) is 23.5 Å². The first-order valence-corrected chi connectivity index (χ1v) is 6.44. The zero-order valence-corrected chi connectivity index (χ0v) is 11.0. The van der Waals surface area contributed by atoms with Gasteiger partial charge in [0.05, 0.1) is 4.88 Å². The van der Waals surface area contributed by atoms with Crippen LogP contribution in [0.4, 0.5) is 4.39 Å². The molecule has 4 heteroatoms. The van der Waals surface area contributed by atoms with Gasteiger partial charge in [-0.3, -0.25) is 0 Å². The third-order valence-electron chi connectivity index (χ3n) is 2.42. The van der Waals surface area contributed by atoms with E-state index in [9.17, 15) is 9.50 Å². The van der Waals surface area contributed by atoms with Crippen LogP contribution in [0, 0.1) is 12.7 Å². The lowest BCUT2D eigenvalue weighted by atomic mass is 10.0. The predicted octanol–water partition coefficient (Wildman–Crippen LogP) is 4.04. The Morgan fingerprint density at radius 1 is 1.38 bits per heavy atom. The summed E-state index contributed by atoms with van der Waals surface area (Å²) >= 11 is 4.85. The average Bonchev–Trinajstić information content (AvgIpc) is 2.63. The fraction of sp³-hybridized carbons (Fsp3) is 0.167. The van der Waals surface area contributed by atoms with Gasteiger partial charge in [0.2, 0.25) is 0 Å². The molecular formula is C12H10BrFOS. The van der Waals surface area contributed by atoms with E-state index in [-0.39, 0.29) is 5.82 Å². The topological polar surface area (TPSA) is 20.2 Å². The molecule has 1 heterocycles. The highest BCUT2D eigenvalue weighted by atomic mass is 79.9. The molecule has 0 fully saturated rings. The van der Waals surface area contributed by atoms with Gasteiger partial charge in [-0.25, -0.2) is 4.39 Å². The second kappa shape index (κ2) is 4.65. The van der Waals surface area contributed by atoms with Crippen molar-refractivity contribution in [2.24, 2.45) is 0 Å². The van der Waals surface area contributed by atoms with Crippen LogP contribution in [0.25, 0.3) is 0 Å². The standard InChI is InChI=1S/C12H10BrFOS/c1-7-6-8(14)2-3-9(7)11(15)12-10(13)4-5-16-12/h2-6,11,15H,1H3. The summed E-state index contributed by atoms with van der Waals surface area (Å²) in [4.78, 5) is 0.842. The van der Waals surface area contributed by atoms with Crippen molar-refractivity contribution in [1.82, 2.24) is 0 Å². The van der Waals surface area contributed by atoms with Crippen LogP contribution in [-0.4, -0.2) is 5.11 Å². The summed E-state index contributed by atoms with van der Waals surface area (Å²) in [5.74, 6) is -0.279. The number of aliphatic hydroxyl groups is 1. The van der Waals surface area contributed by atoms with Gasteiger partial charge in [0, 0.05) is 4.47 Å². The Hall–Kier alpha value is -0.710. The maximum Gasteiger partial charge on any atom is 0.123 e. The Bertz CT molecular complexity index is 509. The van der Waals surface area contributed by atoms with Crippen molar-refractivity contribution in [3.63, 3.8) is 0 Å². The summed E-state index contributed by atoms with van der Waals surface area (Å²) in [6.45, 7) is 1.79. The first kappa shape index (κ1) is 11.8. The lowest BCUT2D eigenvalue weighted by Gasteiger charge is -2.12. The van der Waals surface area contributed by atoms with Crippen LogP contribution < -0.4 is 0 Å². The lowest BCUT2D eigenvalue weighted by molar-refractivity contribution is 0.222. The molecule has 0 aliphatic carbocycles. The van der Waals surface area contributed by atoms with Crippen LogP contribution in [0.5, 0.6) is 0 Å². The normalized spacial score (nSPS) is 12.8. The third-order valence-corrected chi connectivity index (χ3v) is 4.34. The molecule has 0 aliphatic heterocycles. The SMILES string of the molecule is Cc1cc(F)ccc1C(O)c1sccc1Br. The van der Waals surface area contributed by atoms with Crippen LogP contribution >= 0.6 is 27.3 Å². The van der Waals surface area contributed by atoms with E-state index in [2.05, 4.69) is 15.9 Å². The smallest absolute Gasteiger partial charge is 0.123 e. The van der Waals surface area contributed by atoms with Gasteiger partial charge < -0.3 is 5.11 Å². The van der Waals surface area contributed by atoms with Crippen molar-refractivity contribution in [1.29, 1.82) is 0 Å². The van der Waals surface area contributed by atoms with Crippen molar-refractivity contribution in [2.75, 3.05) is 0 Å². The van der Waals surface area contributed by atoms with Crippen LogP contribution in [-0.2, 0) is 0 Å². The summed E-state index contributed by atoms with van der Waals surface area (Å²) in [6, 6.07) is 6.32. The number of rotatable bonds is 2. The van der Waals surface area contributed by atoms with Crippen LogP contribution in [0.3, 0.4) is 0 Å². The molecule has 0 saturated heterocycles. The predicted molar refractivity (Wildman–Crippen MR) is 67.2 cm³/mol. The summed E-state index contributed by atoms with van der Waals surface area (Å²) < 4.78 is 13.8. The fourth-order valence-electron chi connectivity index (χ4n) is 1.59. The highest BCUT2D eigenvalue weighted by Crippen LogP contribution is 2.34. The minimum Gasteiger partial charge on any atom is -0.383 e. The van der Waals surface area contributed by atoms with Gasteiger partial charge >= 0.3 is 0 Å². The van der Waals surface area contributed by atoms with E-state index in [0.717, 1.165) is 20.5 Å². The molecule has 16 heavy (non-hydrogen) atoms. The summed E-state index contributed by atoms with van der Waals surface area (Å²) in [5.41, 5.74) is 1.50. The van der Waals surface area contributed by atoms with Gasteiger partial charge in [-0.2, -0.15) is 0 Å². The summed E-state index contributed by atoms with van der Waals surface area (Å²) in [6.07, 6.45) is -0.699. The van der Waals surface area contributed by atoms with E-state index in [1.807, 2.05) is 11.4 Å². The Morgan fingerprint density at radius 3 is 2.69 bits per heavy atom. The molecular weight excluding hydrogens is 291 g/mol. The molecule has 1 aromatic carbocycles. The molecule has 0 bridgehead atoms. The zero-order valence-electron chi connectivity index (χ0n) is 8.58. The second-order valence-corrected chi connectivity index (χ2v) is 5.34. The van der Waals surface area contributed by atoms with Crippen molar-refractivity contribution in [3.8, 4) is 0 Å². The largest absolute Gasteiger partial charge is 0.383 e. The van der Waals surface area contributed by atoms with Crippen molar-refractivity contribution < 1.29 is 9.50 Å². The minimum atomic E-state index is -0.699. The van der Waals surface area contributed by atoms with Gasteiger partial charge in [-0.05, 0) is 57.6 Å². The first-order valence-electron chi connectivity index (χ1n) is 4.76. The molecule has 1 unspecified atom stereocenters. The van der Waals surface area contributed by atoms with Crippen LogP contribution in [0.2, 0.25) is 0 Å². The molecule has 0 saturated carbocycles. The fourth-order valence-corrected chi connectivity index (χ4v) is 3.18. The number of hydrogen-bond acceptors (Lipinski definition) is 2. The highest BCUT2D eigenvalue weighted by Gasteiger charge is 2.17. The van der Waals surface area contributed by atoms with Gasteiger partial charge in [-0.1, -0.05) is 6.07 Å². The first-order chi connectivity index (χ1) is 7.59. The third kappa shape index (κ3) is 2.19.